The van der Waals surface area contributed by atoms with Gasteiger partial charge in [-0.1, -0.05) is 42.3 Å². The summed E-state index contributed by atoms with van der Waals surface area (Å²) in [5.41, 5.74) is 7.76. The third-order valence-electron chi connectivity index (χ3n) is 9.76. The van der Waals surface area contributed by atoms with E-state index < -0.39 is 0 Å². The molecule has 7 rings (SSSR count). The lowest BCUT2D eigenvalue weighted by Gasteiger charge is -2.40. The number of aromatic nitrogens is 1. The van der Waals surface area contributed by atoms with Gasteiger partial charge < -0.3 is 19.2 Å². The summed E-state index contributed by atoms with van der Waals surface area (Å²) in [6.45, 7) is 4.16. The van der Waals surface area contributed by atoms with Gasteiger partial charge in [0, 0.05) is 94.9 Å². The van der Waals surface area contributed by atoms with Crippen LogP contribution in [0.25, 0.3) is 21.7 Å². The van der Waals surface area contributed by atoms with E-state index >= 15 is 0 Å². The fraction of sp³-hybridized carbons (Fsp3) is 0.148. The van der Waals surface area contributed by atoms with Crippen molar-refractivity contribution in [3.63, 3.8) is 0 Å². The van der Waals surface area contributed by atoms with E-state index in [1.165, 1.54) is 44.1 Å². The van der Waals surface area contributed by atoms with Gasteiger partial charge in [0.15, 0.2) is 11.5 Å². The minimum atomic E-state index is 0.315. The topological polar surface area (TPSA) is 46.7 Å². The number of rotatable bonds is 5. The highest BCUT2D eigenvalue weighted by Crippen LogP contribution is 2.44. The fourth-order valence-corrected chi connectivity index (χ4v) is 6.94. The van der Waals surface area contributed by atoms with Crippen molar-refractivity contribution in [1.29, 1.82) is 0 Å². The van der Waals surface area contributed by atoms with Gasteiger partial charge in [0.2, 0.25) is 0 Å². The van der Waals surface area contributed by atoms with Crippen molar-refractivity contribution in [1.82, 2.24) is 9.88 Å². The number of benzene rings is 4. The zero-order valence-corrected chi connectivity index (χ0v) is 36.3. The number of H-pyrrole nitrogens is 1. The number of hydrogen-bond acceptors (Lipinski definition) is 4. The lowest BCUT2D eigenvalue weighted by molar-refractivity contribution is 0.158. The predicted molar refractivity (Wildman–Crippen MR) is 262 cm³/mol. The van der Waals surface area contributed by atoms with Crippen LogP contribution in [0.2, 0.25) is 0 Å². The Hall–Kier alpha value is -10.1. The average Bonchev–Trinajstić information content (AvgIpc) is 3.71. The van der Waals surface area contributed by atoms with Gasteiger partial charge in [-0.25, -0.2) is 0 Å². The Balaban J connectivity index is 0.000000227. The number of terminal acetylenes is 1. The molecule has 306 valence electrons. The molecule has 0 fully saturated rings. The molecule has 66 heavy (non-hydrogen) atoms. The van der Waals surface area contributed by atoms with Crippen molar-refractivity contribution in [2.24, 2.45) is 0 Å². The highest BCUT2D eigenvalue weighted by atomic mass is 16.5. The first-order valence-electron chi connectivity index (χ1n) is 20.2. The first-order chi connectivity index (χ1) is 32.6. The van der Waals surface area contributed by atoms with Crippen molar-refractivity contribution in [2.75, 3.05) is 20.8 Å². The number of methoxy groups -OCH3 is 2. The van der Waals surface area contributed by atoms with Gasteiger partial charge in [-0.3, -0.25) is 4.90 Å². The summed E-state index contributed by atoms with van der Waals surface area (Å²) in [4.78, 5) is 6.26. The number of hydrogen-bond donors (Lipinski definition) is 1. The normalized spacial score (nSPS) is 11.1. The first kappa shape index (κ1) is 45.4. The van der Waals surface area contributed by atoms with Crippen LogP contribution in [0.15, 0.2) is 72.8 Å². The minimum absolute atomic E-state index is 0.315. The Morgan fingerprint density at radius 1 is 0.606 bits per heavy atom. The van der Waals surface area contributed by atoms with E-state index in [1.54, 1.807) is 21.1 Å². The second-order valence-corrected chi connectivity index (χ2v) is 13.6. The molecule has 4 aromatic carbocycles. The lowest BCUT2D eigenvalue weighted by Crippen LogP contribution is -2.39. The standard InChI is InChI=1S/C32H30N2O3.C29H4/c1-35-24-9-10-28-26(15-24)27-16-30-25-17-32(37-19-20-7-8-21-5-3-4-6-22(21)13-20)31(36-2)14-23(25)11-12-34(30)18-29(27)33-28;1-3-5-7-9-11-13-15-17-19-21-23-25-27-29-28-26-24-22-20-18-16-14-12-10-8-6-4-2/h3-10,13-15,17,30,33H,11-12,16,18-19H2,1-2H3;1H,2H3. The van der Waals surface area contributed by atoms with E-state index in [-0.39, 0.29) is 0 Å². The van der Waals surface area contributed by atoms with Crippen LogP contribution in [0.1, 0.15) is 40.9 Å². The number of nitrogens with zero attached hydrogens (tertiary/aromatic N) is 1. The smallest absolute Gasteiger partial charge is 0.162 e. The zero-order valence-electron chi connectivity index (χ0n) is 36.3. The molecular formula is C61H34N2O3. The van der Waals surface area contributed by atoms with Gasteiger partial charge in [0.05, 0.1) is 14.2 Å². The molecule has 0 radical (unpaired) electrons. The maximum absolute atomic E-state index is 6.40. The number of fused-ring (bicyclic) bond motifs is 7. The molecule has 3 heterocycles. The third kappa shape index (κ3) is 13.2. The van der Waals surface area contributed by atoms with Crippen molar-refractivity contribution in [3.8, 4) is 184 Å². The highest BCUT2D eigenvalue weighted by molar-refractivity contribution is 5.86. The predicted octanol–water partition coefficient (Wildman–Crippen LogP) is 7.26. The minimum Gasteiger partial charge on any atom is -0.497 e. The average molecular weight is 843 g/mol. The quantitative estimate of drug-likeness (QED) is 0.190. The van der Waals surface area contributed by atoms with Crippen molar-refractivity contribution in [3.05, 3.63) is 101 Å². The number of ether oxygens (including phenoxy) is 3. The van der Waals surface area contributed by atoms with Crippen LogP contribution in [0.3, 0.4) is 0 Å². The lowest BCUT2D eigenvalue weighted by atomic mass is 9.85. The summed E-state index contributed by atoms with van der Waals surface area (Å²) in [5, 5.41) is 3.73. The summed E-state index contributed by atoms with van der Waals surface area (Å²) in [6, 6.07) is 26.0. The molecule has 1 unspecified atom stereocenters. The molecule has 5 heteroatoms. The largest absolute Gasteiger partial charge is 0.497 e. The maximum atomic E-state index is 6.40. The van der Waals surface area contributed by atoms with E-state index in [0.717, 1.165) is 48.7 Å². The van der Waals surface area contributed by atoms with Gasteiger partial charge >= 0.3 is 0 Å². The second-order valence-electron chi connectivity index (χ2n) is 13.6. The molecule has 0 saturated heterocycles. The third-order valence-corrected chi connectivity index (χ3v) is 9.76. The molecule has 0 spiro atoms. The number of aromatic amines is 1. The molecule has 1 aromatic heterocycles. The highest BCUT2D eigenvalue weighted by Gasteiger charge is 2.35. The van der Waals surface area contributed by atoms with Crippen LogP contribution < -0.4 is 14.2 Å². The van der Waals surface area contributed by atoms with Crippen LogP contribution in [0, 0.1) is 166 Å². The first-order valence-corrected chi connectivity index (χ1v) is 20.2. The van der Waals surface area contributed by atoms with Crippen LogP contribution in [-0.2, 0) is 26.0 Å². The molecule has 0 saturated carbocycles. The molecule has 0 bridgehead atoms. The number of nitrogens with one attached hydrogen (secondary N) is 1. The summed E-state index contributed by atoms with van der Waals surface area (Å²) in [5.74, 6) is 69.4. The Kier molecular flexibility index (Phi) is 17.2. The summed E-state index contributed by atoms with van der Waals surface area (Å²) >= 11 is 0. The molecule has 5 nitrogen and oxygen atoms in total. The monoisotopic (exact) mass is 842 g/mol. The van der Waals surface area contributed by atoms with Gasteiger partial charge in [0.1, 0.15) is 12.4 Å². The van der Waals surface area contributed by atoms with E-state index in [2.05, 4.69) is 236 Å². The van der Waals surface area contributed by atoms with E-state index in [1.807, 2.05) is 6.07 Å². The fourth-order valence-electron chi connectivity index (χ4n) is 6.94. The van der Waals surface area contributed by atoms with Crippen molar-refractivity contribution in [2.45, 2.75) is 39.0 Å². The molecule has 2 aliphatic heterocycles. The Labute approximate surface area is 388 Å². The van der Waals surface area contributed by atoms with Gasteiger partial charge in [0.25, 0.3) is 0 Å². The van der Waals surface area contributed by atoms with Crippen molar-refractivity contribution < 1.29 is 14.2 Å². The Morgan fingerprint density at radius 3 is 1.74 bits per heavy atom. The van der Waals surface area contributed by atoms with E-state index in [9.17, 15) is 0 Å². The van der Waals surface area contributed by atoms with E-state index in [0.29, 0.717) is 12.6 Å². The summed E-state index contributed by atoms with van der Waals surface area (Å²) in [6.07, 6.45) is 6.89. The van der Waals surface area contributed by atoms with E-state index in [4.69, 9.17) is 20.6 Å². The second kappa shape index (κ2) is 25.0. The molecule has 0 aliphatic carbocycles. The molecule has 1 N–H and O–H groups in total. The van der Waals surface area contributed by atoms with Crippen molar-refractivity contribution >= 4 is 21.7 Å². The summed E-state index contributed by atoms with van der Waals surface area (Å²) in [7, 11) is 3.46. The van der Waals surface area contributed by atoms with Gasteiger partial charge in [-0.2, -0.15) is 0 Å². The van der Waals surface area contributed by atoms with Gasteiger partial charge in [-0.15, -0.1) is 6.42 Å². The molecule has 2 aliphatic rings. The van der Waals surface area contributed by atoms with Crippen LogP contribution >= 0.6 is 0 Å². The Morgan fingerprint density at radius 2 is 1.18 bits per heavy atom. The molecule has 5 aromatic rings. The van der Waals surface area contributed by atoms with Crippen LogP contribution in [-0.4, -0.2) is 30.6 Å². The zero-order chi connectivity index (χ0) is 46.0. The summed E-state index contributed by atoms with van der Waals surface area (Å²) < 4.78 is 17.7. The maximum Gasteiger partial charge on any atom is 0.162 e. The van der Waals surface area contributed by atoms with Gasteiger partial charge in [-0.05, 0) is 184 Å². The van der Waals surface area contributed by atoms with Crippen LogP contribution in [0.5, 0.6) is 17.2 Å². The van der Waals surface area contributed by atoms with Crippen LogP contribution in [0.4, 0.5) is 0 Å². The molecule has 1 atom stereocenters. The molecule has 0 amide bonds. The SMILES string of the molecule is C#CC#CC#CC#CC#CC#CC#CC#CC#CC#CC#CC#CC#CC#CC.COc1ccc2[nH]c3c(c2c1)CC1c2cc(OCc4ccc5ccccc5c4)c(OC)cc2CCN1C3. The Bertz CT molecular complexity index is 3640. The molecular weight excluding hydrogens is 809 g/mol.